The summed E-state index contributed by atoms with van der Waals surface area (Å²) in [7, 11) is 0. The number of nitrogens with one attached hydrogen (secondary N) is 3. The Kier molecular flexibility index (Phi) is 4.35. The number of nitrogens with zero attached hydrogens (tertiary/aromatic N) is 1. The van der Waals surface area contributed by atoms with Gasteiger partial charge < -0.3 is 15.0 Å². The first kappa shape index (κ1) is 15.7. The minimum atomic E-state index is -0.169. The van der Waals surface area contributed by atoms with Crippen molar-refractivity contribution in [3.8, 4) is 0 Å². The molecule has 1 fully saturated rings. The summed E-state index contributed by atoms with van der Waals surface area (Å²) < 4.78 is 5.63. The van der Waals surface area contributed by atoms with E-state index in [0.29, 0.717) is 17.8 Å². The maximum absolute atomic E-state index is 12.6. The van der Waals surface area contributed by atoms with Crippen LogP contribution >= 0.6 is 0 Å². The summed E-state index contributed by atoms with van der Waals surface area (Å²) in [5.41, 5.74) is 3.66. The predicted molar refractivity (Wildman–Crippen MR) is 94.5 cm³/mol. The Hall–Kier alpha value is -2.86. The van der Waals surface area contributed by atoms with Crippen LogP contribution in [0.4, 0.5) is 5.82 Å². The summed E-state index contributed by atoms with van der Waals surface area (Å²) in [4.78, 5) is 15.6. The second kappa shape index (κ2) is 6.94. The van der Waals surface area contributed by atoms with Gasteiger partial charge in [0.2, 0.25) is 0 Å². The fraction of sp³-hybridized carbons (Fsp3) is 0.263. The molecule has 3 N–H and O–H groups in total. The quantitative estimate of drug-likeness (QED) is 0.667. The molecule has 0 radical (unpaired) electrons. The van der Waals surface area contributed by atoms with E-state index in [1.807, 2.05) is 30.5 Å². The van der Waals surface area contributed by atoms with Crippen molar-refractivity contribution in [2.45, 2.75) is 25.4 Å². The van der Waals surface area contributed by atoms with Gasteiger partial charge in [0.05, 0.1) is 17.4 Å². The Labute approximate surface area is 145 Å². The molecule has 1 aliphatic heterocycles. The first-order valence-electron chi connectivity index (χ1n) is 8.47. The normalized spacial score (nSPS) is 16.9. The van der Waals surface area contributed by atoms with Gasteiger partial charge in [-0.2, -0.15) is 5.10 Å². The zero-order chi connectivity index (χ0) is 17.1. The second-order valence-electron chi connectivity index (χ2n) is 6.22. The van der Waals surface area contributed by atoms with Crippen LogP contribution in [-0.4, -0.2) is 27.7 Å². The second-order valence-corrected chi connectivity index (χ2v) is 6.22. The van der Waals surface area contributed by atoms with Gasteiger partial charge in [-0.25, -0.2) is 0 Å². The molecule has 4 rings (SSSR count). The van der Waals surface area contributed by atoms with Crippen molar-refractivity contribution >= 4 is 11.7 Å². The lowest BCUT2D eigenvalue weighted by molar-refractivity contribution is 0.102. The number of ether oxygens (including phenoxy) is 1. The molecular formula is C19H20N4O2. The molecule has 0 spiro atoms. The summed E-state index contributed by atoms with van der Waals surface area (Å²) in [5, 5.41) is 9.99. The number of anilines is 1. The van der Waals surface area contributed by atoms with Crippen LogP contribution in [0.15, 0.2) is 48.8 Å². The predicted octanol–water partition coefficient (Wildman–Crippen LogP) is 3.43. The molecule has 2 aromatic heterocycles. The van der Waals surface area contributed by atoms with Crippen LogP contribution in [0.3, 0.4) is 0 Å². The van der Waals surface area contributed by atoms with Gasteiger partial charge in [-0.05, 0) is 30.4 Å². The zero-order valence-corrected chi connectivity index (χ0v) is 13.8. The molecule has 0 saturated carbocycles. The molecule has 3 heterocycles. The lowest BCUT2D eigenvalue weighted by atomic mass is 10.0. The van der Waals surface area contributed by atoms with E-state index < -0.39 is 0 Å². The van der Waals surface area contributed by atoms with Crippen molar-refractivity contribution < 1.29 is 9.53 Å². The Bertz CT molecular complexity index is 847. The monoisotopic (exact) mass is 336 g/mol. The van der Waals surface area contributed by atoms with Gasteiger partial charge in [-0.3, -0.25) is 9.89 Å². The van der Waals surface area contributed by atoms with E-state index in [0.717, 1.165) is 36.3 Å². The van der Waals surface area contributed by atoms with Crippen LogP contribution < -0.4 is 5.32 Å². The lowest BCUT2D eigenvalue weighted by Gasteiger charge is -2.05. The topological polar surface area (TPSA) is 82.8 Å². The molecule has 1 amide bonds. The molecule has 0 bridgehead atoms. The third-order valence-electron chi connectivity index (χ3n) is 4.43. The lowest BCUT2D eigenvalue weighted by Crippen LogP contribution is -2.13. The number of rotatable bonds is 5. The number of H-pyrrole nitrogens is 2. The number of amides is 1. The van der Waals surface area contributed by atoms with E-state index in [-0.39, 0.29) is 12.0 Å². The van der Waals surface area contributed by atoms with E-state index in [4.69, 9.17) is 4.74 Å². The average Bonchev–Trinajstić information content (AvgIpc) is 3.37. The Morgan fingerprint density at radius 3 is 2.96 bits per heavy atom. The highest BCUT2D eigenvalue weighted by molar-refractivity contribution is 6.04. The maximum Gasteiger partial charge on any atom is 0.258 e. The highest BCUT2D eigenvalue weighted by Crippen LogP contribution is 2.28. The number of hydrogen-bond donors (Lipinski definition) is 3. The van der Waals surface area contributed by atoms with Crippen LogP contribution in [0.2, 0.25) is 0 Å². The van der Waals surface area contributed by atoms with Gasteiger partial charge in [0, 0.05) is 25.1 Å². The number of benzene rings is 1. The molecule has 6 heteroatoms. The highest BCUT2D eigenvalue weighted by atomic mass is 16.5. The summed E-state index contributed by atoms with van der Waals surface area (Å²) in [6.07, 6.45) is 6.38. The zero-order valence-electron chi connectivity index (χ0n) is 13.8. The van der Waals surface area contributed by atoms with Crippen LogP contribution in [0.1, 0.15) is 46.1 Å². The maximum atomic E-state index is 12.6. The number of hydrogen-bond acceptors (Lipinski definition) is 3. The van der Waals surface area contributed by atoms with Crippen molar-refractivity contribution in [3.05, 3.63) is 71.2 Å². The van der Waals surface area contributed by atoms with E-state index in [1.54, 1.807) is 6.20 Å². The summed E-state index contributed by atoms with van der Waals surface area (Å²) >= 11 is 0. The Morgan fingerprint density at radius 2 is 2.16 bits per heavy atom. The number of carbonyl (C=O) groups excluding carboxylic acids is 1. The van der Waals surface area contributed by atoms with Gasteiger partial charge >= 0.3 is 0 Å². The third kappa shape index (κ3) is 3.49. The first-order chi connectivity index (χ1) is 12.3. The van der Waals surface area contributed by atoms with Crippen molar-refractivity contribution in [1.29, 1.82) is 0 Å². The smallest absolute Gasteiger partial charge is 0.258 e. The molecule has 1 aliphatic rings. The fourth-order valence-corrected chi connectivity index (χ4v) is 3.14. The van der Waals surface area contributed by atoms with E-state index in [1.165, 1.54) is 0 Å². The minimum absolute atomic E-state index is 0.0547. The van der Waals surface area contributed by atoms with Gasteiger partial charge in [0.1, 0.15) is 0 Å². The fourth-order valence-electron chi connectivity index (χ4n) is 3.14. The molecular weight excluding hydrogens is 316 g/mol. The molecule has 1 aromatic carbocycles. The van der Waals surface area contributed by atoms with Crippen molar-refractivity contribution in [3.63, 3.8) is 0 Å². The SMILES string of the molecule is O=C(Nc1cc(C2CCCO2)[nH]n1)c1c[nH]cc1Cc1ccccc1. The molecule has 1 unspecified atom stereocenters. The van der Waals surface area contributed by atoms with Gasteiger partial charge in [0.25, 0.3) is 5.91 Å². The van der Waals surface area contributed by atoms with Crippen LogP contribution in [-0.2, 0) is 11.2 Å². The molecule has 0 aliphatic carbocycles. The van der Waals surface area contributed by atoms with Crippen molar-refractivity contribution in [1.82, 2.24) is 15.2 Å². The largest absolute Gasteiger partial charge is 0.372 e. The Morgan fingerprint density at radius 1 is 1.28 bits per heavy atom. The van der Waals surface area contributed by atoms with E-state index in [2.05, 4.69) is 32.6 Å². The summed E-state index contributed by atoms with van der Waals surface area (Å²) in [6, 6.07) is 11.9. The van der Waals surface area contributed by atoms with Crippen LogP contribution in [0.25, 0.3) is 0 Å². The number of aromatic amines is 2. The van der Waals surface area contributed by atoms with Gasteiger partial charge in [-0.1, -0.05) is 30.3 Å². The summed E-state index contributed by atoms with van der Waals surface area (Å²) in [6.45, 7) is 0.775. The first-order valence-corrected chi connectivity index (χ1v) is 8.47. The van der Waals surface area contributed by atoms with Crippen LogP contribution in [0.5, 0.6) is 0 Å². The minimum Gasteiger partial charge on any atom is -0.372 e. The van der Waals surface area contributed by atoms with Gasteiger partial charge in [-0.15, -0.1) is 0 Å². The molecule has 6 nitrogen and oxygen atoms in total. The molecule has 3 aromatic rings. The van der Waals surface area contributed by atoms with E-state index >= 15 is 0 Å². The van der Waals surface area contributed by atoms with Crippen LogP contribution in [0, 0.1) is 0 Å². The third-order valence-corrected chi connectivity index (χ3v) is 4.43. The standard InChI is InChI=1S/C19H20N4O2/c24-19(21-18-10-16(22-23-18)17-7-4-8-25-17)15-12-20-11-14(15)9-13-5-2-1-3-6-13/h1-3,5-6,10-12,17,20H,4,7-9H2,(H2,21,22,23,24). The number of carbonyl (C=O) groups is 1. The van der Waals surface area contributed by atoms with Gasteiger partial charge in [0.15, 0.2) is 5.82 Å². The molecule has 1 atom stereocenters. The summed E-state index contributed by atoms with van der Waals surface area (Å²) in [5.74, 6) is 0.347. The molecule has 128 valence electrons. The molecule has 25 heavy (non-hydrogen) atoms. The highest BCUT2D eigenvalue weighted by Gasteiger charge is 2.21. The van der Waals surface area contributed by atoms with E-state index in [9.17, 15) is 4.79 Å². The number of aromatic nitrogens is 3. The molecule has 1 saturated heterocycles. The van der Waals surface area contributed by atoms with Crippen molar-refractivity contribution in [2.24, 2.45) is 0 Å². The Balaban J connectivity index is 1.46. The average molecular weight is 336 g/mol. The van der Waals surface area contributed by atoms with Crippen molar-refractivity contribution in [2.75, 3.05) is 11.9 Å².